The third-order valence-electron chi connectivity index (χ3n) is 4.62. The van der Waals surface area contributed by atoms with Crippen molar-refractivity contribution < 1.29 is 14.3 Å². The third kappa shape index (κ3) is 2.54. The van der Waals surface area contributed by atoms with Gasteiger partial charge in [-0.3, -0.25) is 9.78 Å². The first-order chi connectivity index (χ1) is 10.9. The van der Waals surface area contributed by atoms with Gasteiger partial charge in [0.2, 0.25) is 0 Å². The molecule has 1 unspecified atom stereocenters. The van der Waals surface area contributed by atoms with Gasteiger partial charge in [-0.25, -0.2) is 4.39 Å². The summed E-state index contributed by atoms with van der Waals surface area (Å²) in [6, 6.07) is 8.49. The lowest BCUT2D eigenvalue weighted by Gasteiger charge is -2.24. The molecule has 0 radical (unpaired) electrons. The molecule has 0 saturated heterocycles. The minimum atomic E-state index is -1.17. The molecule has 3 rings (SSSR count). The van der Waals surface area contributed by atoms with Gasteiger partial charge in [-0.15, -0.1) is 0 Å². The number of hydrogen-bond acceptors (Lipinski definition) is 2. The number of halogens is 1. The first-order valence-corrected chi connectivity index (χ1v) is 7.58. The van der Waals surface area contributed by atoms with Crippen molar-refractivity contribution in [3.05, 3.63) is 70.8 Å². The normalized spacial score (nSPS) is 20.4. The van der Waals surface area contributed by atoms with Crippen molar-refractivity contribution in [3.8, 4) is 0 Å². The molecule has 1 aromatic carbocycles. The number of aryl methyl sites for hydroxylation is 1. The summed E-state index contributed by atoms with van der Waals surface area (Å²) in [7, 11) is 0. The van der Waals surface area contributed by atoms with E-state index >= 15 is 0 Å². The smallest absolute Gasteiger partial charge is 0.318 e. The molecule has 1 aromatic heterocycles. The lowest BCUT2D eigenvalue weighted by molar-refractivity contribution is -0.141. The monoisotopic (exact) mass is 311 g/mol. The van der Waals surface area contributed by atoms with E-state index in [1.165, 1.54) is 6.07 Å². The van der Waals surface area contributed by atoms with Gasteiger partial charge in [-0.1, -0.05) is 24.3 Å². The number of pyridine rings is 1. The maximum Gasteiger partial charge on any atom is 0.318 e. The first kappa shape index (κ1) is 15.4. The fourth-order valence-corrected chi connectivity index (χ4v) is 3.25. The number of benzene rings is 1. The van der Waals surface area contributed by atoms with Crippen LogP contribution in [0.15, 0.2) is 42.6 Å². The summed E-state index contributed by atoms with van der Waals surface area (Å²) >= 11 is 0. The molecule has 0 amide bonds. The van der Waals surface area contributed by atoms with Crippen LogP contribution in [0.25, 0.3) is 5.57 Å². The molecule has 0 bridgehead atoms. The molecule has 1 aliphatic rings. The molecular weight excluding hydrogens is 293 g/mol. The number of nitrogens with zero attached hydrogens (tertiary/aromatic N) is 1. The summed E-state index contributed by atoms with van der Waals surface area (Å²) in [5.41, 5.74) is 2.54. The molecule has 1 atom stereocenters. The van der Waals surface area contributed by atoms with Gasteiger partial charge in [0, 0.05) is 11.9 Å². The fraction of sp³-hybridized carbons (Fsp3) is 0.263. The topological polar surface area (TPSA) is 50.2 Å². The molecular formula is C19H18FNO2. The fourth-order valence-electron chi connectivity index (χ4n) is 3.25. The predicted octanol–water partition coefficient (Wildman–Crippen LogP) is 4.04. The van der Waals surface area contributed by atoms with Crippen LogP contribution in [-0.4, -0.2) is 16.1 Å². The Morgan fingerprint density at radius 2 is 2.04 bits per heavy atom. The third-order valence-corrected chi connectivity index (χ3v) is 4.62. The molecule has 0 saturated carbocycles. The van der Waals surface area contributed by atoms with Crippen molar-refractivity contribution in [1.29, 1.82) is 0 Å². The predicted molar refractivity (Wildman–Crippen MR) is 86.6 cm³/mol. The zero-order valence-corrected chi connectivity index (χ0v) is 13.1. The van der Waals surface area contributed by atoms with Gasteiger partial charge in [-0.2, -0.15) is 0 Å². The Morgan fingerprint density at radius 3 is 2.70 bits per heavy atom. The van der Waals surface area contributed by atoms with Crippen LogP contribution in [0.2, 0.25) is 0 Å². The Hall–Kier alpha value is -2.49. The highest BCUT2D eigenvalue weighted by molar-refractivity contribution is 5.90. The van der Waals surface area contributed by atoms with E-state index in [0.29, 0.717) is 24.0 Å². The summed E-state index contributed by atoms with van der Waals surface area (Å²) in [6.07, 6.45) is 4.59. The van der Waals surface area contributed by atoms with Crippen LogP contribution in [0.4, 0.5) is 4.39 Å². The minimum absolute atomic E-state index is 0.373. The summed E-state index contributed by atoms with van der Waals surface area (Å²) in [5, 5.41) is 9.86. The van der Waals surface area contributed by atoms with Crippen LogP contribution in [0.5, 0.6) is 0 Å². The van der Waals surface area contributed by atoms with Crippen LogP contribution in [0, 0.1) is 19.7 Å². The summed E-state index contributed by atoms with van der Waals surface area (Å²) in [6.45, 7) is 3.54. The maximum atomic E-state index is 13.9. The molecule has 1 heterocycles. The maximum absolute atomic E-state index is 13.9. The number of hydrogen-bond donors (Lipinski definition) is 1. The van der Waals surface area contributed by atoms with Gasteiger partial charge in [0.1, 0.15) is 11.2 Å². The van der Waals surface area contributed by atoms with E-state index in [9.17, 15) is 14.3 Å². The van der Waals surface area contributed by atoms with E-state index in [0.717, 1.165) is 16.8 Å². The molecule has 4 heteroatoms. The average Bonchev–Trinajstić information content (AvgIpc) is 2.97. The number of rotatable bonds is 3. The van der Waals surface area contributed by atoms with Gasteiger partial charge in [-0.05, 0) is 61.1 Å². The van der Waals surface area contributed by atoms with Gasteiger partial charge >= 0.3 is 5.97 Å². The Labute approximate surface area is 134 Å². The summed E-state index contributed by atoms with van der Waals surface area (Å²) in [4.78, 5) is 16.3. The van der Waals surface area contributed by atoms with E-state index in [2.05, 4.69) is 4.98 Å². The van der Waals surface area contributed by atoms with E-state index in [4.69, 9.17) is 0 Å². The second-order valence-corrected chi connectivity index (χ2v) is 6.05. The zero-order valence-electron chi connectivity index (χ0n) is 13.1. The van der Waals surface area contributed by atoms with Crippen LogP contribution < -0.4 is 0 Å². The van der Waals surface area contributed by atoms with Crippen molar-refractivity contribution >= 4 is 11.5 Å². The first-order valence-electron chi connectivity index (χ1n) is 7.58. The van der Waals surface area contributed by atoms with Crippen LogP contribution in [-0.2, 0) is 10.2 Å². The Balaban J connectivity index is 2.12. The largest absolute Gasteiger partial charge is 0.480 e. The highest BCUT2D eigenvalue weighted by Gasteiger charge is 2.43. The van der Waals surface area contributed by atoms with Crippen molar-refractivity contribution in [2.75, 3.05) is 0 Å². The molecule has 0 fully saturated rings. The quantitative estimate of drug-likeness (QED) is 0.931. The SMILES string of the molecule is Cc1ccc(C2=CC(C(=O)O)(c3cccc(F)c3C)CC2)cn1. The lowest BCUT2D eigenvalue weighted by Crippen LogP contribution is -2.32. The Kier molecular flexibility index (Phi) is 3.76. The summed E-state index contributed by atoms with van der Waals surface area (Å²) < 4.78 is 13.9. The number of carboxylic acids is 1. The molecule has 0 aliphatic heterocycles. The molecule has 23 heavy (non-hydrogen) atoms. The minimum Gasteiger partial charge on any atom is -0.480 e. The van der Waals surface area contributed by atoms with Gasteiger partial charge in [0.05, 0.1) is 0 Å². The van der Waals surface area contributed by atoms with E-state index < -0.39 is 11.4 Å². The van der Waals surface area contributed by atoms with Crippen molar-refractivity contribution in [3.63, 3.8) is 0 Å². The van der Waals surface area contributed by atoms with Crippen LogP contribution >= 0.6 is 0 Å². The molecule has 1 aliphatic carbocycles. The number of aliphatic carboxylic acids is 1. The molecule has 1 N–H and O–H groups in total. The van der Waals surface area contributed by atoms with Crippen molar-refractivity contribution in [2.24, 2.45) is 0 Å². The zero-order chi connectivity index (χ0) is 16.6. The Bertz CT molecular complexity index is 796. The van der Waals surface area contributed by atoms with E-state index in [1.54, 1.807) is 31.3 Å². The number of allylic oxidation sites excluding steroid dienone is 1. The highest BCUT2D eigenvalue weighted by Crippen LogP contribution is 2.44. The highest BCUT2D eigenvalue weighted by atomic mass is 19.1. The number of carboxylic acid groups (broad SMARTS) is 1. The lowest BCUT2D eigenvalue weighted by atomic mass is 9.78. The van der Waals surface area contributed by atoms with Gasteiger partial charge in [0.25, 0.3) is 0 Å². The van der Waals surface area contributed by atoms with E-state index in [1.807, 2.05) is 19.1 Å². The standard InChI is InChI=1S/C19H18FNO2/c1-12-6-7-15(11-21-12)14-8-9-19(10-14,18(22)23)16-4-3-5-17(20)13(16)2/h3-7,10-11H,8-9H2,1-2H3,(H,22,23). The summed E-state index contributed by atoms with van der Waals surface area (Å²) in [5.74, 6) is -1.32. The van der Waals surface area contributed by atoms with Crippen LogP contribution in [0.1, 0.15) is 35.2 Å². The average molecular weight is 311 g/mol. The van der Waals surface area contributed by atoms with Gasteiger partial charge in [0.15, 0.2) is 0 Å². The molecule has 3 nitrogen and oxygen atoms in total. The molecule has 0 spiro atoms. The van der Waals surface area contributed by atoms with E-state index in [-0.39, 0.29) is 5.82 Å². The molecule has 2 aromatic rings. The van der Waals surface area contributed by atoms with Crippen molar-refractivity contribution in [2.45, 2.75) is 32.1 Å². The van der Waals surface area contributed by atoms with Crippen molar-refractivity contribution in [1.82, 2.24) is 4.98 Å². The Morgan fingerprint density at radius 1 is 1.26 bits per heavy atom. The van der Waals surface area contributed by atoms with Gasteiger partial charge < -0.3 is 5.11 Å². The number of aromatic nitrogens is 1. The second-order valence-electron chi connectivity index (χ2n) is 6.05. The second kappa shape index (κ2) is 5.61. The number of carbonyl (C=O) groups is 1. The molecule has 118 valence electrons. The van der Waals surface area contributed by atoms with Crippen LogP contribution in [0.3, 0.4) is 0 Å².